The van der Waals surface area contributed by atoms with Crippen LogP contribution in [-0.4, -0.2) is 15.5 Å². The number of aryl methyl sites for hydroxylation is 1. The number of nitrogens with zero attached hydrogens (tertiary/aromatic N) is 2. The Hall–Kier alpha value is -3.80. The number of benzene rings is 2. The number of carbonyl (C=O) groups excluding carboxylic acids is 1. The highest BCUT2D eigenvalue weighted by atomic mass is 19.1. The first-order chi connectivity index (χ1) is 14.0. The van der Waals surface area contributed by atoms with Gasteiger partial charge in [0, 0.05) is 17.3 Å². The fourth-order valence-electron chi connectivity index (χ4n) is 3.27. The summed E-state index contributed by atoms with van der Waals surface area (Å²) in [6.45, 7) is 2.02. The highest BCUT2D eigenvalue weighted by Gasteiger charge is 2.14. The third-order valence-corrected chi connectivity index (χ3v) is 4.60. The standard InChI is InChI=1S/C23H18FN3O2/c1-15-12-21(18-8-2-3-10-20(18)25-15)26-22(28)19-9-5-11-27(23(19)29)14-16-6-4-7-17(24)13-16/h2-13H,14H2,1H3,(H,25,26,28). The third-order valence-electron chi connectivity index (χ3n) is 4.60. The van der Waals surface area contributed by atoms with Crippen molar-refractivity contribution in [3.63, 3.8) is 0 Å². The molecule has 4 aromatic rings. The molecule has 0 saturated heterocycles. The molecule has 0 spiro atoms. The Bertz CT molecular complexity index is 1280. The van der Waals surface area contributed by atoms with E-state index in [1.807, 2.05) is 31.2 Å². The van der Waals surface area contributed by atoms with Crippen molar-refractivity contribution in [1.29, 1.82) is 0 Å². The molecule has 1 amide bonds. The summed E-state index contributed by atoms with van der Waals surface area (Å²) < 4.78 is 14.8. The second-order valence-corrected chi connectivity index (χ2v) is 6.77. The van der Waals surface area contributed by atoms with Crippen LogP contribution in [0.3, 0.4) is 0 Å². The normalized spacial score (nSPS) is 10.8. The van der Waals surface area contributed by atoms with Gasteiger partial charge in [-0.1, -0.05) is 30.3 Å². The van der Waals surface area contributed by atoms with E-state index in [-0.39, 0.29) is 17.9 Å². The molecule has 4 rings (SSSR count). The maximum atomic E-state index is 13.4. The number of fused-ring (bicyclic) bond motifs is 1. The summed E-state index contributed by atoms with van der Waals surface area (Å²) >= 11 is 0. The van der Waals surface area contributed by atoms with Crippen LogP contribution in [0.2, 0.25) is 0 Å². The van der Waals surface area contributed by atoms with Crippen LogP contribution in [0.1, 0.15) is 21.6 Å². The Morgan fingerprint density at radius 1 is 1.07 bits per heavy atom. The quantitative estimate of drug-likeness (QED) is 0.572. The number of aromatic nitrogens is 2. The van der Waals surface area contributed by atoms with Crippen LogP contribution in [0.5, 0.6) is 0 Å². The van der Waals surface area contributed by atoms with Crippen LogP contribution in [0, 0.1) is 12.7 Å². The van der Waals surface area contributed by atoms with Gasteiger partial charge in [0.2, 0.25) is 0 Å². The summed E-state index contributed by atoms with van der Waals surface area (Å²) in [7, 11) is 0. The van der Waals surface area contributed by atoms with Gasteiger partial charge in [0.15, 0.2) is 0 Å². The minimum Gasteiger partial charge on any atom is -0.321 e. The number of amides is 1. The maximum Gasteiger partial charge on any atom is 0.263 e. The van der Waals surface area contributed by atoms with Crippen LogP contribution in [0.25, 0.3) is 10.9 Å². The Labute approximate surface area is 166 Å². The predicted octanol–water partition coefficient (Wildman–Crippen LogP) is 4.14. The van der Waals surface area contributed by atoms with E-state index >= 15 is 0 Å². The summed E-state index contributed by atoms with van der Waals surface area (Å²) in [4.78, 5) is 30.1. The lowest BCUT2D eigenvalue weighted by Crippen LogP contribution is -2.29. The average Bonchev–Trinajstić information content (AvgIpc) is 2.69. The molecule has 6 heteroatoms. The van der Waals surface area contributed by atoms with Crippen molar-refractivity contribution in [2.45, 2.75) is 13.5 Å². The Balaban J connectivity index is 1.66. The van der Waals surface area contributed by atoms with Crippen LogP contribution in [0.15, 0.2) is 77.7 Å². The first-order valence-corrected chi connectivity index (χ1v) is 9.13. The second kappa shape index (κ2) is 7.67. The van der Waals surface area contributed by atoms with Gasteiger partial charge in [-0.3, -0.25) is 14.6 Å². The Morgan fingerprint density at radius 2 is 1.90 bits per heavy atom. The van der Waals surface area contributed by atoms with Gasteiger partial charge in [0.25, 0.3) is 11.5 Å². The lowest BCUT2D eigenvalue weighted by atomic mass is 10.1. The molecule has 2 aromatic carbocycles. The topological polar surface area (TPSA) is 64.0 Å². The molecule has 1 N–H and O–H groups in total. The first kappa shape index (κ1) is 18.6. The summed E-state index contributed by atoms with van der Waals surface area (Å²) in [6.07, 6.45) is 1.58. The molecule has 5 nitrogen and oxygen atoms in total. The molecule has 0 bridgehead atoms. The SMILES string of the molecule is Cc1cc(NC(=O)c2cccn(Cc3cccc(F)c3)c2=O)c2ccccc2n1. The van der Waals surface area contributed by atoms with Crippen molar-refractivity contribution in [3.8, 4) is 0 Å². The largest absolute Gasteiger partial charge is 0.321 e. The zero-order valence-corrected chi connectivity index (χ0v) is 15.7. The third kappa shape index (κ3) is 3.91. The molecule has 0 aliphatic carbocycles. The molecular weight excluding hydrogens is 369 g/mol. The summed E-state index contributed by atoms with van der Waals surface area (Å²) in [5.41, 5.74) is 2.33. The lowest BCUT2D eigenvalue weighted by Gasteiger charge is -2.11. The molecule has 0 aliphatic rings. The van der Waals surface area contributed by atoms with Crippen molar-refractivity contribution in [2.24, 2.45) is 0 Å². The van der Waals surface area contributed by atoms with Gasteiger partial charge >= 0.3 is 0 Å². The van der Waals surface area contributed by atoms with Crippen molar-refractivity contribution >= 4 is 22.5 Å². The smallest absolute Gasteiger partial charge is 0.263 e. The number of pyridine rings is 2. The minimum absolute atomic E-state index is 0.0162. The fourth-order valence-corrected chi connectivity index (χ4v) is 3.27. The molecule has 0 fully saturated rings. The van der Waals surface area contributed by atoms with E-state index in [0.717, 1.165) is 16.6 Å². The molecule has 0 atom stereocenters. The van der Waals surface area contributed by atoms with Crippen LogP contribution in [-0.2, 0) is 6.54 Å². The van der Waals surface area contributed by atoms with E-state index in [1.54, 1.807) is 30.5 Å². The monoisotopic (exact) mass is 387 g/mol. The molecule has 2 heterocycles. The fraction of sp³-hybridized carbons (Fsp3) is 0.0870. The molecule has 0 radical (unpaired) electrons. The Kier molecular flexibility index (Phi) is 4.91. The van der Waals surface area contributed by atoms with Gasteiger partial charge < -0.3 is 9.88 Å². The van der Waals surface area contributed by atoms with Gasteiger partial charge in [-0.15, -0.1) is 0 Å². The maximum absolute atomic E-state index is 13.4. The molecule has 144 valence electrons. The molecular formula is C23H18FN3O2. The molecule has 0 saturated carbocycles. The average molecular weight is 387 g/mol. The summed E-state index contributed by atoms with van der Waals surface area (Å²) in [6, 6.07) is 18.4. The Morgan fingerprint density at radius 3 is 2.72 bits per heavy atom. The van der Waals surface area contributed by atoms with E-state index in [9.17, 15) is 14.0 Å². The summed E-state index contributed by atoms with van der Waals surface area (Å²) in [5, 5.41) is 3.62. The van der Waals surface area contributed by atoms with Crippen molar-refractivity contribution in [3.05, 3.63) is 106 Å². The van der Waals surface area contributed by atoms with Gasteiger partial charge in [-0.2, -0.15) is 0 Å². The van der Waals surface area contributed by atoms with Crippen molar-refractivity contribution in [2.75, 3.05) is 5.32 Å². The van der Waals surface area contributed by atoms with Gasteiger partial charge in [0.05, 0.1) is 17.7 Å². The lowest BCUT2D eigenvalue weighted by molar-refractivity contribution is 0.102. The van der Waals surface area contributed by atoms with Gasteiger partial charge in [0.1, 0.15) is 11.4 Å². The number of anilines is 1. The van der Waals surface area contributed by atoms with E-state index in [2.05, 4.69) is 10.3 Å². The van der Waals surface area contributed by atoms with Crippen molar-refractivity contribution < 1.29 is 9.18 Å². The minimum atomic E-state index is -0.501. The number of nitrogens with one attached hydrogen (secondary N) is 1. The highest BCUT2D eigenvalue weighted by molar-refractivity contribution is 6.08. The van der Waals surface area contributed by atoms with Gasteiger partial charge in [-0.25, -0.2) is 4.39 Å². The number of halogens is 1. The number of hydrogen-bond donors (Lipinski definition) is 1. The number of carbonyl (C=O) groups is 1. The predicted molar refractivity (Wildman–Crippen MR) is 111 cm³/mol. The van der Waals surface area contributed by atoms with Crippen molar-refractivity contribution in [1.82, 2.24) is 9.55 Å². The molecule has 0 aliphatic heterocycles. The van der Waals surface area contributed by atoms with Gasteiger partial charge in [-0.05, 0) is 48.9 Å². The highest BCUT2D eigenvalue weighted by Crippen LogP contribution is 2.23. The van der Waals surface area contributed by atoms with Crippen LogP contribution < -0.4 is 10.9 Å². The molecule has 2 aromatic heterocycles. The van der Waals surface area contributed by atoms with E-state index in [4.69, 9.17) is 0 Å². The van der Waals surface area contributed by atoms with E-state index in [0.29, 0.717) is 11.3 Å². The van der Waals surface area contributed by atoms with E-state index < -0.39 is 11.5 Å². The first-order valence-electron chi connectivity index (χ1n) is 9.13. The van der Waals surface area contributed by atoms with Crippen LogP contribution >= 0.6 is 0 Å². The number of para-hydroxylation sites is 1. The molecule has 29 heavy (non-hydrogen) atoms. The zero-order valence-electron chi connectivity index (χ0n) is 15.7. The zero-order chi connectivity index (χ0) is 20.4. The second-order valence-electron chi connectivity index (χ2n) is 6.77. The van der Waals surface area contributed by atoms with Crippen LogP contribution in [0.4, 0.5) is 10.1 Å². The summed E-state index contributed by atoms with van der Waals surface area (Å²) in [5.74, 6) is -0.872. The molecule has 0 unspecified atom stereocenters. The number of hydrogen-bond acceptors (Lipinski definition) is 3. The number of rotatable bonds is 4. The van der Waals surface area contributed by atoms with E-state index in [1.165, 1.54) is 22.8 Å².